The maximum Gasteiger partial charge on any atom is 0.458 e. The van der Waals surface area contributed by atoms with E-state index in [-0.39, 0.29) is 0 Å². The van der Waals surface area contributed by atoms with Crippen LogP contribution in [0.25, 0.3) is 0 Å². The molecule has 0 atom stereocenters. The fourth-order valence-electron chi connectivity index (χ4n) is 0.603. The molecule has 0 saturated heterocycles. The van der Waals surface area contributed by atoms with Crippen LogP contribution >= 0.6 is 0 Å². The van der Waals surface area contributed by atoms with E-state index in [1.807, 2.05) is 0 Å². The van der Waals surface area contributed by atoms with Crippen molar-refractivity contribution in [3.05, 3.63) is 0 Å². The van der Waals surface area contributed by atoms with Gasteiger partial charge in [-0.15, -0.1) is 0 Å². The average molecular weight is 258 g/mol. The second-order valence-electron chi connectivity index (χ2n) is 2.58. The van der Waals surface area contributed by atoms with E-state index < -0.39 is 37.2 Å². The molecule has 0 bridgehead atoms. The standard InChI is InChI=1S/C6H5F7O3/c7-4(5(8,9)10,6(11,12)13)16-2-1-3(14)15/h1-2H2,(H,14,15). The highest BCUT2D eigenvalue weighted by molar-refractivity contribution is 5.66. The Morgan fingerprint density at radius 2 is 1.38 bits per heavy atom. The van der Waals surface area contributed by atoms with Crippen molar-refractivity contribution in [1.29, 1.82) is 0 Å². The molecule has 16 heavy (non-hydrogen) atoms. The fourth-order valence-corrected chi connectivity index (χ4v) is 0.603. The SMILES string of the molecule is O=C(O)CCOC(F)(C(F)(F)F)C(F)(F)F. The van der Waals surface area contributed by atoms with E-state index in [2.05, 4.69) is 4.74 Å². The van der Waals surface area contributed by atoms with Crippen molar-refractivity contribution in [2.45, 2.75) is 24.6 Å². The third-order valence-electron chi connectivity index (χ3n) is 1.35. The van der Waals surface area contributed by atoms with Gasteiger partial charge in [0.1, 0.15) is 0 Å². The summed E-state index contributed by atoms with van der Waals surface area (Å²) in [7, 11) is 0. The lowest BCUT2D eigenvalue weighted by Crippen LogP contribution is -2.55. The zero-order chi connectivity index (χ0) is 13.2. The van der Waals surface area contributed by atoms with E-state index in [1.165, 1.54) is 0 Å². The summed E-state index contributed by atoms with van der Waals surface area (Å²) >= 11 is 0. The van der Waals surface area contributed by atoms with Crippen molar-refractivity contribution >= 4 is 5.97 Å². The number of ether oxygens (including phenoxy) is 1. The summed E-state index contributed by atoms with van der Waals surface area (Å²) in [6.07, 6.45) is -13.8. The Balaban J connectivity index is 4.78. The lowest BCUT2D eigenvalue weighted by atomic mass is 10.3. The van der Waals surface area contributed by atoms with Gasteiger partial charge in [0.05, 0.1) is 13.0 Å². The van der Waals surface area contributed by atoms with Crippen LogP contribution in [0.4, 0.5) is 30.7 Å². The molecule has 0 fully saturated rings. The number of carboxylic acids is 1. The van der Waals surface area contributed by atoms with Crippen LogP contribution < -0.4 is 0 Å². The molecule has 0 amide bonds. The summed E-state index contributed by atoms with van der Waals surface area (Å²) in [5.41, 5.74) is 0. The summed E-state index contributed by atoms with van der Waals surface area (Å²) in [5, 5.41) is 7.95. The van der Waals surface area contributed by atoms with Crippen LogP contribution in [-0.4, -0.2) is 35.9 Å². The Kier molecular flexibility index (Phi) is 4.14. The number of hydrogen-bond acceptors (Lipinski definition) is 2. The van der Waals surface area contributed by atoms with Crippen molar-refractivity contribution in [2.24, 2.45) is 0 Å². The molecule has 0 aliphatic rings. The molecule has 0 heterocycles. The Morgan fingerprint density at radius 3 is 1.62 bits per heavy atom. The number of hydrogen-bond donors (Lipinski definition) is 1. The number of rotatable bonds is 4. The normalized spacial score (nSPS) is 13.9. The van der Waals surface area contributed by atoms with Crippen LogP contribution in [0.2, 0.25) is 0 Å². The second kappa shape index (κ2) is 4.44. The second-order valence-corrected chi connectivity index (χ2v) is 2.58. The molecule has 0 aliphatic heterocycles. The Bertz CT molecular complexity index is 242. The molecule has 3 nitrogen and oxygen atoms in total. The van der Waals surface area contributed by atoms with Crippen LogP contribution in [0, 0.1) is 0 Å². The molecule has 0 radical (unpaired) electrons. The molecule has 0 saturated carbocycles. The molecule has 0 aromatic rings. The van der Waals surface area contributed by atoms with Gasteiger partial charge in [-0.3, -0.25) is 4.79 Å². The van der Waals surface area contributed by atoms with E-state index in [4.69, 9.17) is 5.11 Å². The smallest absolute Gasteiger partial charge is 0.458 e. The third kappa shape index (κ3) is 3.22. The highest BCUT2D eigenvalue weighted by Crippen LogP contribution is 2.46. The summed E-state index contributed by atoms with van der Waals surface area (Å²) in [4.78, 5) is 9.82. The minimum Gasteiger partial charge on any atom is -0.481 e. The molecular formula is C6H5F7O3. The van der Waals surface area contributed by atoms with Crippen molar-refractivity contribution in [2.75, 3.05) is 6.61 Å². The first-order valence-electron chi connectivity index (χ1n) is 3.60. The Hall–Kier alpha value is -1.06. The van der Waals surface area contributed by atoms with Gasteiger partial charge >= 0.3 is 24.2 Å². The first-order valence-corrected chi connectivity index (χ1v) is 3.60. The van der Waals surface area contributed by atoms with Crippen molar-refractivity contribution in [3.8, 4) is 0 Å². The highest BCUT2D eigenvalue weighted by atomic mass is 19.4. The zero-order valence-electron chi connectivity index (χ0n) is 7.32. The Labute approximate surface area is 83.8 Å². The molecule has 0 aromatic heterocycles. The van der Waals surface area contributed by atoms with Crippen molar-refractivity contribution in [1.82, 2.24) is 0 Å². The molecule has 0 aromatic carbocycles. The van der Waals surface area contributed by atoms with E-state index in [1.54, 1.807) is 0 Å². The van der Waals surface area contributed by atoms with Crippen LogP contribution in [0.15, 0.2) is 0 Å². The van der Waals surface area contributed by atoms with E-state index >= 15 is 0 Å². The minimum absolute atomic E-state index is 1.18. The van der Waals surface area contributed by atoms with Gasteiger partial charge in [0.15, 0.2) is 0 Å². The number of carbonyl (C=O) groups is 1. The number of aliphatic carboxylic acids is 1. The lowest BCUT2D eigenvalue weighted by molar-refractivity contribution is -0.429. The predicted molar refractivity (Wildman–Crippen MR) is 34.2 cm³/mol. The first-order chi connectivity index (χ1) is 6.92. The monoisotopic (exact) mass is 258 g/mol. The molecule has 10 heteroatoms. The van der Waals surface area contributed by atoms with Gasteiger partial charge in [0.2, 0.25) is 0 Å². The molecule has 0 unspecified atom stereocenters. The van der Waals surface area contributed by atoms with Crippen LogP contribution in [0.5, 0.6) is 0 Å². The maximum atomic E-state index is 12.6. The van der Waals surface area contributed by atoms with Gasteiger partial charge in [-0.05, 0) is 0 Å². The number of carboxylic acid groups (broad SMARTS) is 1. The van der Waals surface area contributed by atoms with Gasteiger partial charge in [-0.1, -0.05) is 0 Å². The topological polar surface area (TPSA) is 46.5 Å². The molecule has 0 aliphatic carbocycles. The third-order valence-corrected chi connectivity index (χ3v) is 1.35. The van der Waals surface area contributed by atoms with E-state index in [0.717, 1.165) is 0 Å². The zero-order valence-corrected chi connectivity index (χ0v) is 7.32. The molecular weight excluding hydrogens is 253 g/mol. The van der Waals surface area contributed by atoms with Gasteiger partial charge in [-0.2, -0.15) is 30.7 Å². The lowest BCUT2D eigenvalue weighted by Gasteiger charge is -2.29. The first kappa shape index (κ1) is 14.9. The van der Waals surface area contributed by atoms with E-state index in [0.29, 0.717) is 0 Å². The van der Waals surface area contributed by atoms with Crippen LogP contribution in [-0.2, 0) is 9.53 Å². The van der Waals surface area contributed by atoms with Gasteiger partial charge < -0.3 is 9.84 Å². The van der Waals surface area contributed by atoms with Crippen molar-refractivity contribution in [3.63, 3.8) is 0 Å². The molecule has 1 N–H and O–H groups in total. The quantitative estimate of drug-likeness (QED) is 0.787. The van der Waals surface area contributed by atoms with E-state index in [9.17, 15) is 35.5 Å². The number of alkyl halides is 7. The molecule has 96 valence electrons. The Morgan fingerprint density at radius 1 is 1.00 bits per heavy atom. The predicted octanol–water partition coefficient (Wildman–Crippen LogP) is 2.27. The van der Waals surface area contributed by atoms with Crippen LogP contribution in [0.3, 0.4) is 0 Å². The average Bonchev–Trinajstić information content (AvgIpc) is 1.98. The summed E-state index contributed by atoms with van der Waals surface area (Å²) in [6.45, 7) is -1.55. The van der Waals surface area contributed by atoms with Crippen LogP contribution in [0.1, 0.15) is 6.42 Å². The maximum absolute atomic E-state index is 12.6. The summed E-state index contributed by atoms with van der Waals surface area (Å²) in [5.74, 6) is -7.57. The number of halogens is 7. The molecule has 0 spiro atoms. The highest BCUT2D eigenvalue weighted by Gasteiger charge is 2.74. The summed E-state index contributed by atoms with van der Waals surface area (Å²) < 4.78 is 86.1. The van der Waals surface area contributed by atoms with Gasteiger partial charge in [-0.25, -0.2) is 0 Å². The largest absolute Gasteiger partial charge is 0.481 e. The minimum atomic E-state index is -6.33. The van der Waals surface area contributed by atoms with Gasteiger partial charge in [0.25, 0.3) is 0 Å². The van der Waals surface area contributed by atoms with Crippen molar-refractivity contribution < 1.29 is 45.4 Å². The van der Waals surface area contributed by atoms with Gasteiger partial charge in [0, 0.05) is 0 Å². The molecule has 0 rings (SSSR count). The fraction of sp³-hybridized carbons (Fsp3) is 0.833. The summed E-state index contributed by atoms with van der Waals surface area (Å²) in [6, 6.07) is 0.